The summed E-state index contributed by atoms with van der Waals surface area (Å²) in [6.07, 6.45) is 1.17. The molecule has 0 unspecified atom stereocenters. The molecule has 0 radical (unpaired) electrons. The summed E-state index contributed by atoms with van der Waals surface area (Å²) in [6, 6.07) is 5.17. The Morgan fingerprint density at radius 1 is 1.30 bits per heavy atom. The number of rotatable bonds is 7. The molecule has 3 rings (SSSR count). The third kappa shape index (κ3) is 5.42. The lowest BCUT2D eigenvalue weighted by Gasteiger charge is -2.35. The van der Waals surface area contributed by atoms with Crippen molar-refractivity contribution in [1.82, 2.24) is 14.2 Å². The van der Waals surface area contributed by atoms with E-state index in [2.05, 4.69) is 15.2 Å². The predicted octanol–water partition coefficient (Wildman–Crippen LogP) is 1.18. The first-order valence-electron chi connectivity index (χ1n) is 9.35. The summed E-state index contributed by atoms with van der Waals surface area (Å²) in [5, 5.41) is 3.06. The number of hydrogen-bond acceptors (Lipinski definition) is 8. The van der Waals surface area contributed by atoms with Gasteiger partial charge in [-0.15, -0.1) is 0 Å². The summed E-state index contributed by atoms with van der Waals surface area (Å²) in [4.78, 5) is 20.0. The van der Waals surface area contributed by atoms with Crippen molar-refractivity contribution in [1.29, 1.82) is 0 Å². The maximum Gasteiger partial charge on any atom is 0.292 e. The third-order valence-corrected chi connectivity index (χ3v) is 6.93. The number of carbonyl (C=O) groups is 1. The van der Waals surface area contributed by atoms with Gasteiger partial charge >= 0.3 is 0 Å². The van der Waals surface area contributed by atoms with Crippen LogP contribution >= 0.6 is 11.6 Å². The third-order valence-electron chi connectivity index (χ3n) is 4.75. The molecule has 12 heteroatoms. The highest BCUT2D eigenvalue weighted by molar-refractivity contribution is 7.89. The molecule has 1 aromatic heterocycles. The van der Waals surface area contributed by atoms with E-state index >= 15 is 0 Å². The normalized spacial score (nSPS) is 15.5. The number of nitrogen functional groups attached to an aromatic ring is 1. The second kappa shape index (κ2) is 9.21. The number of sulfonamides is 1. The van der Waals surface area contributed by atoms with E-state index in [1.54, 1.807) is 12.1 Å². The smallest absolute Gasteiger partial charge is 0.292 e. The number of nitrogens with two attached hydrogens (primary N) is 1. The Hall–Kier alpha value is -2.34. The molecule has 3 N–H and O–H groups in total. The predicted molar refractivity (Wildman–Crippen MR) is 116 cm³/mol. The first-order valence-corrected chi connectivity index (χ1v) is 11.3. The Balaban J connectivity index is 1.65. The monoisotopic (exact) mass is 456 g/mol. The lowest BCUT2D eigenvalue weighted by molar-refractivity contribution is 0.102. The Kier molecular flexibility index (Phi) is 6.86. The zero-order chi connectivity index (χ0) is 21.9. The molecule has 0 spiro atoms. The van der Waals surface area contributed by atoms with E-state index in [4.69, 9.17) is 21.8 Å². The fourth-order valence-electron chi connectivity index (χ4n) is 3.04. The minimum atomic E-state index is -3.28. The average molecular weight is 457 g/mol. The van der Waals surface area contributed by atoms with Crippen LogP contribution < -0.4 is 16.0 Å². The van der Waals surface area contributed by atoms with Crippen molar-refractivity contribution >= 4 is 44.9 Å². The minimum Gasteiger partial charge on any atom is -0.431 e. The minimum absolute atomic E-state index is 0.0468. The number of nitrogens with zero attached hydrogens (tertiary/aromatic N) is 4. The molecule has 0 saturated carbocycles. The zero-order valence-electron chi connectivity index (χ0n) is 16.8. The fraction of sp³-hybridized carbons (Fsp3) is 0.444. The van der Waals surface area contributed by atoms with E-state index in [-0.39, 0.29) is 17.5 Å². The van der Waals surface area contributed by atoms with Crippen LogP contribution in [0.15, 0.2) is 28.9 Å². The van der Waals surface area contributed by atoms with E-state index < -0.39 is 15.9 Å². The molecule has 1 fully saturated rings. The van der Waals surface area contributed by atoms with Crippen LogP contribution in [-0.4, -0.2) is 81.1 Å². The number of carbonyl (C=O) groups excluding carboxylic acids is 1. The summed E-state index contributed by atoms with van der Waals surface area (Å²) in [5.41, 5.74) is 6.70. The Labute approximate surface area is 180 Å². The number of amides is 1. The Morgan fingerprint density at radius 3 is 2.60 bits per heavy atom. The van der Waals surface area contributed by atoms with Crippen molar-refractivity contribution < 1.29 is 17.6 Å². The second-order valence-corrected chi connectivity index (χ2v) is 9.69. The topological polar surface area (TPSA) is 125 Å². The number of anilines is 3. The van der Waals surface area contributed by atoms with E-state index in [0.717, 1.165) is 5.69 Å². The largest absolute Gasteiger partial charge is 0.431 e. The standard InChI is InChI=1S/C18H25ClN6O4S/c1-23(2)9-10-30(27,28)25-7-5-24(6-8-25)13-3-4-14(19)15(11-13)21-17(26)16-12-29-18(20)22-16/h3-4,11-12H,5-10H2,1-2H3,(H2,20,22)(H,21,26). The van der Waals surface area contributed by atoms with Gasteiger partial charge in [-0.2, -0.15) is 9.29 Å². The van der Waals surface area contributed by atoms with Crippen LogP contribution in [0.1, 0.15) is 10.5 Å². The summed E-state index contributed by atoms with van der Waals surface area (Å²) in [7, 11) is 0.416. The number of piperazine rings is 1. The van der Waals surface area contributed by atoms with Crippen molar-refractivity contribution in [3.8, 4) is 0 Å². The van der Waals surface area contributed by atoms with Crippen molar-refractivity contribution in [2.45, 2.75) is 0 Å². The molecule has 1 aliphatic rings. The first-order chi connectivity index (χ1) is 14.2. The average Bonchev–Trinajstić information content (AvgIpc) is 3.15. The molecular formula is C18H25ClN6O4S. The van der Waals surface area contributed by atoms with E-state index in [1.165, 1.54) is 10.6 Å². The summed E-state index contributed by atoms with van der Waals surface area (Å²) < 4.78 is 31.3. The molecule has 0 aliphatic carbocycles. The summed E-state index contributed by atoms with van der Waals surface area (Å²) in [6.45, 7) is 2.36. The Morgan fingerprint density at radius 2 is 2.00 bits per heavy atom. The maximum atomic E-state index is 12.5. The number of nitrogens with one attached hydrogen (secondary N) is 1. The highest BCUT2D eigenvalue weighted by Crippen LogP contribution is 2.29. The fourth-order valence-corrected chi connectivity index (χ4v) is 4.77. The van der Waals surface area contributed by atoms with Gasteiger partial charge in [0.2, 0.25) is 10.0 Å². The van der Waals surface area contributed by atoms with Gasteiger partial charge in [0.1, 0.15) is 6.26 Å². The zero-order valence-corrected chi connectivity index (χ0v) is 18.4. The quantitative estimate of drug-likeness (QED) is 0.636. The number of benzene rings is 1. The molecule has 1 amide bonds. The molecule has 164 valence electrons. The molecule has 0 atom stereocenters. The number of halogens is 1. The molecular weight excluding hydrogens is 432 g/mol. The van der Waals surface area contributed by atoms with E-state index in [0.29, 0.717) is 43.4 Å². The maximum absolute atomic E-state index is 12.5. The molecule has 0 bridgehead atoms. The lowest BCUT2D eigenvalue weighted by Crippen LogP contribution is -2.50. The highest BCUT2D eigenvalue weighted by Gasteiger charge is 2.27. The van der Waals surface area contributed by atoms with Crippen molar-refractivity contribution in [3.63, 3.8) is 0 Å². The van der Waals surface area contributed by atoms with Crippen molar-refractivity contribution in [2.75, 3.05) is 68.5 Å². The van der Waals surface area contributed by atoms with Gasteiger partial charge in [-0.1, -0.05) is 11.6 Å². The SMILES string of the molecule is CN(C)CCS(=O)(=O)N1CCN(c2ccc(Cl)c(NC(=O)c3coc(N)n3)c2)CC1. The molecule has 2 heterocycles. The van der Waals surface area contributed by atoms with Crippen LogP contribution in [0.3, 0.4) is 0 Å². The van der Waals surface area contributed by atoms with Gasteiger partial charge in [0, 0.05) is 38.4 Å². The van der Waals surface area contributed by atoms with Gasteiger partial charge in [-0.05, 0) is 32.3 Å². The van der Waals surface area contributed by atoms with Crippen LogP contribution in [0.25, 0.3) is 0 Å². The molecule has 30 heavy (non-hydrogen) atoms. The molecule has 10 nitrogen and oxygen atoms in total. The summed E-state index contributed by atoms with van der Waals surface area (Å²) >= 11 is 6.22. The van der Waals surface area contributed by atoms with Crippen LogP contribution in [0.2, 0.25) is 5.02 Å². The number of aromatic nitrogens is 1. The van der Waals surface area contributed by atoms with Gasteiger partial charge in [0.25, 0.3) is 11.9 Å². The lowest BCUT2D eigenvalue weighted by atomic mass is 10.2. The first kappa shape index (κ1) is 22.3. The highest BCUT2D eigenvalue weighted by atomic mass is 35.5. The number of oxazole rings is 1. The summed E-state index contributed by atoms with van der Waals surface area (Å²) in [5.74, 6) is -0.393. The molecule has 1 aliphatic heterocycles. The van der Waals surface area contributed by atoms with Crippen molar-refractivity contribution in [3.05, 3.63) is 35.2 Å². The van der Waals surface area contributed by atoms with Crippen LogP contribution in [-0.2, 0) is 10.0 Å². The number of hydrogen-bond donors (Lipinski definition) is 2. The van der Waals surface area contributed by atoms with Gasteiger partial charge < -0.3 is 25.3 Å². The van der Waals surface area contributed by atoms with Crippen molar-refractivity contribution in [2.24, 2.45) is 0 Å². The molecule has 2 aromatic rings. The van der Waals surface area contributed by atoms with Gasteiger partial charge in [0.05, 0.1) is 16.5 Å². The van der Waals surface area contributed by atoms with Gasteiger partial charge in [0.15, 0.2) is 5.69 Å². The van der Waals surface area contributed by atoms with Gasteiger partial charge in [-0.25, -0.2) is 8.42 Å². The van der Waals surface area contributed by atoms with Crippen LogP contribution in [0, 0.1) is 0 Å². The Bertz CT molecular complexity index is 1000. The van der Waals surface area contributed by atoms with Crippen LogP contribution in [0.4, 0.5) is 17.4 Å². The molecule has 1 saturated heterocycles. The van der Waals surface area contributed by atoms with Gasteiger partial charge in [-0.3, -0.25) is 4.79 Å². The molecule has 1 aromatic carbocycles. The van der Waals surface area contributed by atoms with E-state index in [9.17, 15) is 13.2 Å². The second-order valence-electron chi connectivity index (χ2n) is 7.19. The van der Waals surface area contributed by atoms with E-state index in [1.807, 2.05) is 25.1 Å². The van der Waals surface area contributed by atoms with Crippen LogP contribution in [0.5, 0.6) is 0 Å².